The minimum atomic E-state index is 1.02. The summed E-state index contributed by atoms with van der Waals surface area (Å²) in [5.74, 6) is 0. The van der Waals surface area contributed by atoms with Crippen molar-refractivity contribution in [2.75, 3.05) is 0 Å². The average Bonchev–Trinajstić information content (AvgIpc) is 2.69. The molecule has 2 aromatic heterocycles. The maximum atomic E-state index is 4.72. The molecule has 26 heavy (non-hydrogen) atoms. The fraction of sp³-hybridized carbons (Fsp3) is 0.583. The van der Waals surface area contributed by atoms with Crippen LogP contribution in [-0.2, 0) is 12.8 Å². The normalized spacial score (nSPS) is 11.0. The van der Waals surface area contributed by atoms with E-state index in [-0.39, 0.29) is 0 Å². The molecule has 2 rings (SSSR count). The van der Waals surface area contributed by atoms with Crippen molar-refractivity contribution in [2.24, 2.45) is 0 Å². The molecule has 0 radical (unpaired) electrons. The minimum absolute atomic E-state index is 1.02. The zero-order valence-corrected chi connectivity index (χ0v) is 16.8. The van der Waals surface area contributed by atoms with Gasteiger partial charge in [0.05, 0.1) is 11.4 Å². The first-order valence-electron chi connectivity index (χ1n) is 10.7. The van der Waals surface area contributed by atoms with Crippen molar-refractivity contribution >= 4 is 0 Å². The molecule has 2 heterocycles. The van der Waals surface area contributed by atoms with Gasteiger partial charge >= 0.3 is 0 Å². The molecule has 2 nitrogen and oxygen atoms in total. The second kappa shape index (κ2) is 12.6. The van der Waals surface area contributed by atoms with Crippen LogP contribution in [0.15, 0.2) is 36.7 Å². The van der Waals surface area contributed by atoms with Crippen molar-refractivity contribution in [1.82, 2.24) is 9.97 Å². The molecule has 0 bridgehead atoms. The molecule has 0 spiro atoms. The van der Waals surface area contributed by atoms with Gasteiger partial charge in [0.25, 0.3) is 0 Å². The predicted octanol–water partition coefficient (Wildman–Crippen LogP) is 7.17. The summed E-state index contributed by atoms with van der Waals surface area (Å²) >= 11 is 0. The van der Waals surface area contributed by atoms with Crippen LogP contribution < -0.4 is 0 Å². The van der Waals surface area contributed by atoms with Crippen molar-refractivity contribution in [3.63, 3.8) is 0 Å². The SMILES string of the molecule is CCCCCCCc1ccnc(-c2ccccn2)c1CCCCCCC. The van der Waals surface area contributed by atoms with Gasteiger partial charge in [-0.2, -0.15) is 0 Å². The van der Waals surface area contributed by atoms with E-state index in [0.717, 1.165) is 17.8 Å². The lowest BCUT2D eigenvalue weighted by molar-refractivity contribution is 0.620. The van der Waals surface area contributed by atoms with E-state index < -0.39 is 0 Å². The number of aromatic nitrogens is 2. The summed E-state index contributed by atoms with van der Waals surface area (Å²) in [7, 11) is 0. The Bertz CT molecular complexity index is 607. The number of unbranched alkanes of at least 4 members (excludes halogenated alkanes) is 8. The van der Waals surface area contributed by atoms with Crippen LogP contribution in [0.1, 0.15) is 89.2 Å². The number of nitrogens with zero attached hydrogens (tertiary/aromatic N) is 2. The predicted molar refractivity (Wildman–Crippen MR) is 112 cm³/mol. The Morgan fingerprint density at radius 3 is 2.00 bits per heavy atom. The van der Waals surface area contributed by atoms with Crippen molar-refractivity contribution in [3.8, 4) is 11.4 Å². The maximum absolute atomic E-state index is 4.72. The highest BCUT2D eigenvalue weighted by Crippen LogP contribution is 2.26. The molecular formula is C24H36N2. The smallest absolute Gasteiger partial charge is 0.0920 e. The van der Waals surface area contributed by atoms with Crippen LogP contribution in [0.3, 0.4) is 0 Å². The van der Waals surface area contributed by atoms with Crippen molar-refractivity contribution in [2.45, 2.75) is 90.9 Å². The van der Waals surface area contributed by atoms with E-state index in [1.165, 1.54) is 81.8 Å². The Kier molecular flexibility index (Phi) is 10.0. The first kappa shape index (κ1) is 20.6. The van der Waals surface area contributed by atoms with Crippen molar-refractivity contribution < 1.29 is 0 Å². The number of pyridine rings is 2. The molecule has 0 saturated heterocycles. The third kappa shape index (κ3) is 6.90. The lowest BCUT2D eigenvalue weighted by Crippen LogP contribution is -2.02. The zero-order valence-electron chi connectivity index (χ0n) is 16.8. The summed E-state index contributed by atoms with van der Waals surface area (Å²) < 4.78 is 0. The summed E-state index contributed by atoms with van der Waals surface area (Å²) in [6.07, 6.45) is 19.4. The van der Waals surface area contributed by atoms with Crippen LogP contribution in [0.2, 0.25) is 0 Å². The van der Waals surface area contributed by atoms with Gasteiger partial charge in [-0.3, -0.25) is 9.97 Å². The maximum Gasteiger partial charge on any atom is 0.0920 e. The summed E-state index contributed by atoms with van der Waals surface area (Å²) in [4.78, 5) is 9.29. The van der Waals surface area contributed by atoms with Crippen LogP contribution in [0, 0.1) is 0 Å². The van der Waals surface area contributed by atoms with Crippen molar-refractivity contribution in [3.05, 3.63) is 47.8 Å². The Labute approximate surface area is 160 Å². The highest BCUT2D eigenvalue weighted by molar-refractivity contribution is 5.60. The van der Waals surface area contributed by atoms with Gasteiger partial charge in [0, 0.05) is 12.4 Å². The summed E-state index contributed by atoms with van der Waals surface area (Å²) in [5, 5.41) is 0. The first-order valence-corrected chi connectivity index (χ1v) is 10.7. The molecule has 0 unspecified atom stereocenters. The first-order chi connectivity index (χ1) is 12.9. The molecule has 142 valence electrons. The summed E-state index contributed by atoms with van der Waals surface area (Å²) in [6.45, 7) is 4.55. The van der Waals surface area contributed by atoms with Gasteiger partial charge in [-0.15, -0.1) is 0 Å². The fourth-order valence-electron chi connectivity index (χ4n) is 3.59. The zero-order chi connectivity index (χ0) is 18.5. The molecule has 0 aliphatic heterocycles. The Morgan fingerprint density at radius 1 is 0.654 bits per heavy atom. The Morgan fingerprint density at radius 2 is 1.35 bits per heavy atom. The Hall–Kier alpha value is -1.70. The van der Waals surface area contributed by atoms with E-state index in [4.69, 9.17) is 4.98 Å². The van der Waals surface area contributed by atoms with Gasteiger partial charge < -0.3 is 0 Å². The standard InChI is InChI=1S/C24H36N2/c1-3-5-7-9-11-15-21-18-20-26-24(23-17-13-14-19-25-23)22(21)16-12-10-8-6-4-2/h13-14,17-20H,3-12,15-16H2,1-2H3. The second-order valence-corrected chi connectivity index (χ2v) is 7.34. The van der Waals surface area contributed by atoms with E-state index in [1.54, 1.807) is 0 Å². The summed E-state index contributed by atoms with van der Waals surface area (Å²) in [5.41, 5.74) is 5.06. The van der Waals surface area contributed by atoms with Crippen LogP contribution in [-0.4, -0.2) is 9.97 Å². The highest BCUT2D eigenvalue weighted by atomic mass is 14.8. The van der Waals surface area contributed by atoms with E-state index in [9.17, 15) is 0 Å². The van der Waals surface area contributed by atoms with Crippen LogP contribution >= 0.6 is 0 Å². The molecule has 2 aromatic rings. The molecule has 0 fully saturated rings. The van der Waals surface area contributed by atoms with E-state index >= 15 is 0 Å². The van der Waals surface area contributed by atoms with Crippen LogP contribution in [0.25, 0.3) is 11.4 Å². The topological polar surface area (TPSA) is 25.8 Å². The number of hydrogen-bond donors (Lipinski definition) is 0. The van der Waals surface area contributed by atoms with Gasteiger partial charge in [-0.05, 0) is 55.0 Å². The number of hydrogen-bond acceptors (Lipinski definition) is 2. The largest absolute Gasteiger partial charge is 0.255 e. The molecule has 2 heteroatoms. The quantitative estimate of drug-likeness (QED) is 0.357. The third-order valence-corrected chi connectivity index (χ3v) is 5.14. The van der Waals surface area contributed by atoms with Gasteiger partial charge in [-0.25, -0.2) is 0 Å². The molecule has 0 aliphatic carbocycles. The molecular weight excluding hydrogens is 316 g/mol. The van der Waals surface area contributed by atoms with Crippen molar-refractivity contribution in [1.29, 1.82) is 0 Å². The van der Waals surface area contributed by atoms with Crippen LogP contribution in [0.5, 0.6) is 0 Å². The van der Waals surface area contributed by atoms with E-state index in [1.807, 2.05) is 18.5 Å². The number of aryl methyl sites for hydroxylation is 1. The van der Waals surface area contributed by atoms with E-state index in [0.29, 0.717) is 0 Å². The Balaban J connectivity index is 2.09. The van der Waals surface area contributed by atoms with E-state index in [2.05, 4.69) is 37.0 Å². The fourth-order valence-corrected chi connectivity index (χ4v) is 3.59. The van der Waals surface area contributed by atoms with Gasteiger partial charge in [0.15, 0.2) is 0 Å². The summed E-state index contributed by atoms with van der Waals surface area (Å²) in [6, 6.07) is 8.37. The lowest BCUT2D eigenvalue weighted by atomic mass is 9.94. The highest BCUT2D eigenvalue weighted by Gasteiger charge is 2.12. The molecule has 0 amide bonds. The number of rotatable bonds is 13. The van der Waals surface area contributed by atoms with Crippen LogP contribution in [0.4, 0.5) is 0 Å². The average molecular weight is 353 g/mol. The lowest BCUT2D eigenvalue weighted by Gasteiger charge is -2.14. The molecule has 0 aromatic carbocycles. The molecule has 0 N–H and O–H groups in total. The van der Waals surface area contributed by atoms with Gasteiger partial charge in [-0.1, -0.05) is 71.3 Å². The third-order valence-electron chi connectivity index (χ3n) is 5.14. The monoisotopic (exact) mass is 352 g/mol. The molecule has 0 saturated carbocycles. The van der Waals surface area contributed by atoms with Gasteiger partial charge in [0.1, 0.15) is 0 Å². The molecule has 0 atom stereocenters. The second-order valence-electron chi connectivity index (χ2n) is 7.34. The van der Waals surface area contributed by atoms with Gasteiger partial charge in [0.2, 0.25) is 0 Å². The molecule has 0 aliphatic rings. The minimum Gasteiger partial charge on any atom is -0.255 e.